The van der Waals surface area contributed by atoms with Crippen molar-refractivity contribution in [3.8, 4) is 0 Å². The van der Waals surface area contributed by atoms with Gasteiger partial charge in [0.05, 0.1) is 16.0 Å². The van der Waals surface area contributed by atoms with Gasteiger partial charge in [-0.15, -0.1) is 11.3 Å². The Hall–Kier alpha value is -1.18. The maximum atomic E-state index is 12.5. The van der Waals surface area contributed by atoms with Crippen LogP contribution in [0.5, 0.6) is 0 Å². The molecule has 4 nitrogen and oxygen atoms in total. The first kappa shape index (κ1) is 20.1. The summed E-state index contributed by atoms with van der Waals surface area (Å²) in [5, 5.41) is 3.36. The monoisotopic (exact) mass is 487 g/mol. The van der Waals surface area contributed by atoms with E-state index in [2.05, 4.69) is 51.0 Å². The Labute approximate surface area is 168 Å². The highest BCUT2D eigenvalue weighted by Gasteiger charge is 2.25. The Balaban J connectivity index is 2.37. The van der Waals surface area contributed by atoms with Crippen LogP contribution in [0.15, 0.2) is 32.5 Å². The molecule has 1 N–H and O–H groups in total. The third-order valence-corrected chi connectivity index (χ3v) is 5.81. The van der Waals surface area contributed by atoms with E-state index in [1.807, 2.05) is 0 Å². The zero-order valence-corrected chi connectivity index (χ0v) is 18.2. The number of anilines is 1. The minimum absolute atomic E-state index is 0.261. The standard InChI is InChI=1S/C18H19Br2NO3S/c1-4-24-18(23)14-13(9-10(2)3)15(20)25-17(14)21-16(22)11-5-7-12(19)8-6-11/h5-8,10H,4,9H2,1-3H3,(H,21,22). The lowest BCUT2D eigenvalue weighted by Gasteiger charge is -2.10. The maximum Gasteiger partial charge on any atom is 0.341 e. The van der Waals surface area contributed by atoms with Crippen molar-refractivity contribution in [1.29, 1.82) is 0 Å². The van der Waals surface area contributed by atoms with Crippen molar-refractivity contribution in [3.05, 3.63) is 49.2 Å². The van der Waals surface area contributed by atoms with Crippen LogP contribution < -0.4 is 5.32 Å². The second-order valence-corrected chi connectivity index (χ2v) is 9.09. The van der Waals surface area contributed by atoms with Gasteiger partial charge in [-0.05, 0) is 65.0 Å². The second kappa shape index (κ2) is 8.96. The van der Waals surface area contributed by atoms with Gasteiger partial charge in [0.15, 0.2) is 0 Å². The molecule has 0 fully saturated rings. The lowest BCUT2D eigenvalue weighted by molar-refractivity contribution is 0.0526. The lowest BCUT2D eigenvalue weighted by Crippen LogP contribution is -2.15. The van der Waals surface area contributed by atoms with Crippen LogP contribution in [0.3, 0.4) is 0 Å². The van der Waals surface area contributed by atoms with Crippen LogP contribution in [0.1, 0.15) is 47.1 Å². The van der Waals surface area contributed by atoms with Gasteiger partial charge in [-0.1, -0.05) is 29.8 Å². The molecule has 0 spiro atoms. The van der Waals surface area contributed by atoms with Crippen molar-refractivity contribution < 1.29 is 14.3 Å². The fraction of sp³-hybridized carbons (Fsp3) is 0.333. The summed E-state index contributed by atoms with van der Waals surface area (Å²) in [6.07, 6.45) is 0.722. The summed E-state index contributed by atoms with van der Waals surface area (Å²) in [5.74, 6) is -0.303. The number of esters is 1. The molecule has 0 atom stereocenters. The number of ether oxygens (including phenoxy) is 1. The number of amides is 1. The second-order valence-electron chi connectivity index (χ2n) is 5.84. The lowest BCUT2D eigenvalue weighted by atomic mass is 10.0. The molecule has 0 saturated heterocycles. The van der Waals surface area contributed by atoms with Crippen LogP contribution >= 0.6 is 43.2 Å². The van der Waals surface area contributed by atoms with Gasteiger partial charge in [0.2, 0.25) is 0 Å². The molecule has 0 aliphatic rings. The maximum absolute atomic E-state index is 12.5. The molecule has 2 aromatic rings. The Bertz CT molecular complexity index is 769. The summed E-state index contributed by atoms with van der Waals surface area (Å²) < 4.78 is 6.94. The van der Waals surface area contributed by atoms with Crippen LogP contribution in [-0.2, 0) is 11.2 Å². The van der Waals surface area contributed by atoms with E-state index >= 15 is 0 Å². The van der Waals surface area contributed by atoms with E-state index in [9.17, 15) is 9.59 Å². The highest BCUT2D eigenvalue weighted by atomic mass is 79.9. The van der Waals surface area contributed by atoms with Gasteiger partial charge in [0, 0.05) is 10.0 Å². The van der Waals surface area contributed by atoms with E-state index in [1.54, 1.807) is 31.2 Å². The van der Waals surface area contributed by atoms with E-state index in [0.717, 1.165) is 20.2 Å². The van der Waals surface area contributed by atoms with Crippen molar-refractivity contribution in [2.45, 2.75) is 27.2 Å². The zero-order valence-electron chi connectivity index (χ0n) is 14.2. The number of carbonyl (C=O) groups excluding carboxylic acids is 2. The summed E-state index contributed by atoms with van der Waals surface area (Å²) in [6.45, 7) is 6.22. The topological polar surface area (TPSA) is 55.4 Å². The van der Waals surface area contributed by atoms with Crippen LogP contribution in [-0.4, -0.2) is 18.5 Å². The van der Waals surface area contributed by atoms with E-state index in [-0.39, 0.29) is 12.5 Å². The molecule has 25 heavy (non-hydrogen) atoms. The Morgan fingerprint density at radius 1 is 1.20 bits per heavy atom. The fourth-order valence-corrected chi connectivity index (χ4v) is 4.36. The Kier molecular flexibility index (Phi) is 7.22. The molecule has 1 aromatic heterocycles. The van der Waals surface area contributed by atoms with Crippen LogP contribution in [0.2, 0.25) is 0 Å². The number of nitrogens with one attached hydrogen (secondary N) is 1. The number of halogens is 2. The molecule has 0 unspecified atom stereocenters. The number of hydrogen-bond donors (Lipinski definition) is 1. The quantitative estimate of drug-likeness (QED) is 0.515. The molecule has 0 aliphatic heterocycles. The number of benzene rings is 1. The van der Waals surface area contributed by atoms with Crippen molar-refractivity contribution >= 4 is 60.1 Å². The van der Waals surface area contributed by atoms with Crippen LogP contribution in [0.25, 0.3) is 0 Å². The number of rotatable bonds is 6. The molecule has 1 aromatic carbocycles. The van der Waals surface area contributed by atoms with Gasteiger partial charge in [0.1, 0.15) is 5.00 Å². The van der Waals surface area contributed by atoms with E-state index < -0.39 is 5.97 Å². The predicted molar refractivity (Wildman–Crippen MR) is 109 cm³/mol. The molecule has 2 rings (SSSR count). The molecule has 0 bridgehead atoms. The number of thiophene rings is 1. The van der Waals surface area contributed by atoms with Crippen LogP contribution in [0.4, 0.5) is 5.00 Å². The molecule has 1 amide bonds. The fourth-order valence-electron chi connectivity index (χ4n) is 2.31. The minimum atomic E-state index is -0.411. The number of carbonyl (C=O) groups is 2. The first-order chi connectivity index (χ1) is 11.8. The third kappa shape index (κ3) is 5.15. The van der Waals surface area contributed by atoms with E-state index in [1.165, 1.54) is 11.3 Å². The van der Waals surface area contributed by atoms with Gasteiger partial charge >= 0.3 is 5.97 Å². The van der Waals surface area contributed by atoms with Gasteiger partial charge in [-0.3, -0.25) is 4.79 Å². The van der Waals surface area contributed by atoms with Crippen molar-refractivity contribution in [1.82, 2.24) is 0 Å². The van der Waals surface area contributed by atoms with Gasteiger partial charge < -0.3 is 10.1 Å². The van der Waals surface area contributed by atoms with Crippen molar-refractivity contribution in [2.24, 2.45) is 5.92 Å². The van der Waals surface area contributed by atoms with Gasteiger partial charge in [-0.2, -0.15) is 0 Å². The molecular weight excluding hydrogens is 470 g/mol. The largest absolute Gasteiger partial charge is 0.462 e. The minimum Gasteiger partial charge on any atom is -0.462 e. The Morgan fingerprint density at radius 3 is 2.40 bits per heavy atom. The summed E-state index contributed by atoms with van der Waals surface area (Å²) in [7, 11) is 0. The summed E-state index contributed by atoms with van der Waals surface area (Å²) in [6, 6.07) is 7.05. The molecule has 7 heteroatoms. The normalized spacial score (nSPS) is 10.8. The smallest absolute Gasteiger partial charge is 0.341 e. The predicted octanol–water partition coefficient (Wildman–Crippen LogP) is 5.90. The Morgan fingerprint density at radius 2 is 1.84 bits per heavy atom. The summed E-state index contributed by atoms with van der Waals surface area (Å²) in [4.78, 5) is 25.0. The average Bonchev–Trinajstić information content (AvgIpc) is 2.83. The molecule has 0 saturated carbocycles. The van der Waals surface area contributed by atoms with Crippen LogP contribution in [0, 0.1) is 5.92 Å². The first-order valence-corrected chi connectivity index (χ1v) is 10.3. The zero-order chi connectivity index (χ0) is 18.6. The average molecular weight is 489 g/mol. The summed E-state index contributed by atoms with van der Waals surface area (Å²) in [5.41, 5.74) is 1.84. The third-order valence-electron chi connectivity index (χ3n) is 3.38. The van der Waals surface area contributed by atoms with Crippen molar-refractivity contribution in [2.75, 3.05) is 11.9 Å². The molecule has 0 aliphatic carbocycles. The van der Waals surface area contributed by atoms with Gasteiger partial charge in [0.25, 0.3) is 5.91 Å². The molecule has 134 valence electrons. The number of hydrogen-bond acceptors (Lipinski definition) is 4. The van der Waals surface area contributed by atoms with E-state index in [4.69, 9.17) is 4.74 Å². The SMILES string of the molecule is CCOC(=O)c1c(NC(=O)c2ccc(Br)cc2)sc(Br)c1CC(C)C. The first-order valence-electron chi connectivity index (χ1n) is 7.88. The van der Waals surface area contributed by atoms with Crippen molar-refractivity contribution in [3.63, 3.8) is 0 Å². The molecule has 0 radical (unpaired) electrons. The highest BCUT2D eigenvalue weighted by Crippen LogP contribution is 2.39. The molecular formula is C18H19Br2NO3S. The molecule has 1 heterocycles. The van der Waals surface area contributed by atoms with Gasteiger partial charge in [-0.25, -0.2) is 4.79 Å². The summed E-state index contributed by atoms with van der Waals surface area (Å²) >= 11 is 8.21. The highest BCUT2D eigenvalue weighted by molar-refractivity contribution is 9.11. The van der Waals surface area contributed by atoms with E-state index in [0.29, 0.717) is 22.0 Å².